The molecular weight excluding hydrogens is 357 g/mol. The lowest BCUT2D eigenvalue weighted by molar-refractivity contribution is 0.315. The second-order valence-corrected chi connectivity index (χ2v) is 5.89. The van der Waals surface area contributed by atoms with Crippen molar-refractivity contribution in [3.63, 3.8) is 0 Å². The van der Waals surface area contributed by atoms with Gasteiger partial charge in [-0.05, 0) is 51.7 Å². The van der Waals surface area contributed by atoms with Gasteiger partial charge in [0.2, 0.25) is 0 Å². The SMILES string of the molecule is CCCOc1ccc(C(N)c2cccc(F)c2Cl)cc1Br. The normalized spacial score (nSPS) is 12.2. The van der Waals surface area contributed by atoms with Crippen LogP contribution in [0.2, 0.25) is 5.02 Å². The molecule has 0 radical (unpaired) electrons. The van der Waals surface area contributed by atoms with Gasteiger partial charge in [0.15, 0.2) is 0 Å². The Morgan fingerprint density at radius 1 is 1.33 bits per heavy atom. The first kappa shape index (κ1) is 16.3. The molecule has 0 fully saturated rings. The third kappa shape index (κ3) is 3.76. The summed E-state index contributed by atoms with van der Waals surface area (Å²) < 4.78 is 19.9. The molecule has 0 bridgehead atoms. The molecular formula is C16H16BrClFNO. The third-order valence-electron chi connectivity index (χ3n) is 3.09. The highest BCUT2D eigenvalue weighted by Gasteiger charge is 2.16. The standard InChI is InChI=1S/C16H16BrClFNO/c1-2-8-21-14-7-6-10(9-12(14)17)16(20)11-4-3-5-13(19)15(11)18/h3-7,9,16H,2,8,20H2,1H3. The van der Waals surface area contributed by atoms with Crippen LogP contribution >= 0.6 is 27.5 Å². The Hall–Kier alpha value is -1.10. The molecule has 2 nitrogen and oxygen atoms in total. The van der Waals surface area contributed by atoms with Gasteiger partial charge >= 0.3 is 0 Å². The molecule has 2 rings (SSSR count). The Morgan fingerprint density at radius 3 is 2.76 bits per heavy atom. The predicted octanol–water partition coefficient (Wildman–Crippen LogP) is 5.08. The molecule has 2 N–H and O–H groups in total. The van der Waals surface area contributed by atoms with E-state index in [9.17, 15) is 4.39 Å². The maximum absolute atomic E-state index is 13.5. The smallest absolute Gasteiger partial charge is 0.142 e. The van der Waals surface area contributed by atoms with Gasteiger partial charge in [-0.2, -0.15) is 0 Å². The first-order chi connectivity index (χ1) is 10.0. The van der Waals surface area contributed by atoms with Crippen molar-refractivity contribution < 1.29 is 9.13 Å². The fourth-order valence-electron chi connectivity index (χ4n) is 1.98. The van der Waals surface area contributed by atoms with Crippen LogP contribution in [0.15, 0.2) is 40.9 Å². The third-order valence-corrected chi connectivity index (χ3v) is 4.11. The van der Waals surface area contributed by atoms with Gasteiger partial charge < -0.3 is 10.5 Å². The zero-order valence-electron chi connectivity index (χ0n) is 11.6. The van der Waals surface area contributed by atoms with Crippen molar-refractivity contribution in [2.24, 2.45) is 5.73 Å². The molecule has 0 aliphatic rings. The van der Waals surface area contributed by atoms with E-state index in [2.05, 4.69) is 15.9 Å². The van der Waals surface area contributed by atoms with Crippen LogP contribution < -0.4 is 10.5 Å². The van der Waals surface area contributed by atoms with E-state index in [-0.39, 0.29) is 5.02 Å². The monoisotopic (exact) mass is 371 g/mol. The molecule has 0 saturated carbocycles. The van der Waals surface area contributed by atoms with Gasteiger partial charge in [0, 0.05) is 0 Å². The summed E-state index contributed by atoms with van der Waals surface area (Å²) in [6.07, 6.45) is 0.937. The molecule has 0 spiro atoms. The van der Waals surface area contributed by atoms with Crippen LogP contribution in [0.1, 0.15) is 30.5 Å². The van der Waals surface area contributed by atoms with Gasteiger partial charge in [0.1, 0.15) is 11.6 Å². The molecule has 1 unspecified atom stereocenters. The average Bonchev–Trinajstić information content (AvgIpc) is 2.48. The van der Waals surface area contributed by atoms with Gasteiger partial charge in [0.25, 0.3) is 0 Å². The Morgan fingerprint density at radius 2 is 2.10 bits per heavy atom. The van der Waals surface area contributed by atoms with Crippen LogP contribution in [0.4, 0.5) is 4.39 Å². The number of nitrogens with two attached hydrogens (primary N) is 1. The lowest BCUT2D eigenvalue weighted by atomic mass is 9.99. The van der Waals surface area contributed by atoms with E-state index in [0.29, 0.717) is 12.2 Å². The van der Waals surface area contributed by atoms with Crippen molar-refractivity contribution in [2.75, 3.05) is 6.61 Å². The number of rotatable bonds is 5. The van der Waals surface area contributed by atoms with E-state index in [1.165, 1.54) is 6.07 Å². The Labute approximate surface area is 137 Å². The van der Waals surface area contributed by atoms with Gasteiger partial charge in [-0.1, -0.05) is 36.7 Å². The predicted molar refractivity (Wildman–Crippen MR) is 87.4 cm³/mol. The Balaban J connectivity index is 2.29. The van der Waals surface area contributed by atoms with Crippen molar-refractivity contribution >= 4 is 27.5 Å². The summed E-state index contributed by atoms with van der Waals surface area (Å²) in [5, 5.41) is 0.0624. The average molecular weight is 373 g/mol. The maximum Gasteiger partial charge on any atom is 0.142 e. The first-order valence-corrected chi connectivity index (χ1v) is 7.83. The molecule has 0 heterocycles. The van der Waals surface area contributed by atoms with Gasteiger partial charge in [-0.25, -0.2) is 4.39 Å². The summed E-state index contributed by atoms with van der Waals surface area (Å²) >= 11 is 9.45. The molecule has 21 heavy (non-hydrogen) atoms. The van der Waals surface area contributed by atoms with E-state index in [0.717, 1.165) is 22.2 Å². The van der Waals surface area contributed by atoms with Gasteiger partial charge in [-0.15, -0.1) is 0 Å². The number of hydrogen-bond acceptors (Lipinski definition) is 2. The maximum atomic E-state index is 13.5. The largest absolute Gasteiger partial charge is 0.492 e. The molecule has 1 atom stereocenters. The van der Waals surface area contributed by atoms with Crippen LogP contribution in [-0.2, 0) is 0 Å². The lowest BCUT2D eigenvalue weighted by Crippen LogP contribution is -2.13. The van der Waals surface area contributed by atoms with E-state index in [1.807, 2.05) is 25.1 Å². The van der Waals surface area contributed by atoms with Crippen molar-refractivity contribution in [1.29, 1.82) is 0 Å². The van der Waals surface area contributed by atoms with Gasteiger partial charge in [-0.3, -0.25) is 0 Å². The van der Waals surface area contributed by atoms with E-state index >= 15 is 0 Å². The molecule has 0 aromatic heterocycles. The second kappa shape index (κ2) is 7.25. The molecule has 0 aliphatic heterocycles. The minimum atomic E-state index is -0.496. The molecule has 2 aromatic carbocycles. The summed E-state index contributed by atoms with van der Waals surface area (Å²) in [6, 6.07) is 9.73. The van der Waals surface area contributed by atoms with Crippen LogP contribution in [0.25, 0.3) is 0 Å². The van der Waals surface area contributed by atoms with Crippen LogP contribution in [0.5, 0.6) is 5.75 Å². The molecule has 112 valence electrons. The molecule has 0 saturated heterocycles. The summed E-state index contributed by atoms with van der Waals surface area (Å²) in [5.41, 5.74) is 7.58. The number of benzene rings is 2. The summed E-state index contributed by atoms with van der Waals surface area (Å²) in [6.45, 7) is 2.70. The fraction of sp³-hybridized carbons (Fsp3) is 0.250. The van der Waals surface area contributed by atoms with E-state index in [4.69, 9.17) is 22.1 Å². The van der Waals surface area contributed by atoms with E-state index in [1.54, 1.807) is 12.1 Å². The highest BCUT2D eigenvalue weighted by Crippen LogP contribution is 2.33. The molecule has 0 aliphatic carbocycles. The van der Waals surface area contributed by atoms with Crippen molar-refractivity contribution in [1.82, 2.24) is 0 Å². The zero-order valence-corrected chi connectivity index (χ0v) is 13.9. The highest BCUT2D eigenvalue weighted by atomic mass is 79.9. The van der Waals surface area contributed by atoms with Crippen LogP contribution in [0, 0.1) is 5.82 Å². The van der Waals surface area contributed by atoms with Crippen LogP contribution in [-0.4, -0.2) is 6.61 Å². The second-order valence-electron chi connectivity index (χ2n) is 4.66. The highest BCUT2D eigenvalue weighted by molar-refractivity contribution is 9.10. The van der Waals surface area contributed by atoms with Gasteiger partial charge in [0.05, 0.1) is 22.1 Å². The van der Waals surface area contributed by atoms with Crippen LogP contribution in [0.3, 0.4) is 0 Å². The van der Waals surface area contributed by atoms with Crippen molar-refractivity contribution in [2.45, 2.75) is 19.4 Å². The minimum absolute atomic E-state index is 0.0624. The summed E-state index contributed by atoms with van der Waals surface area (Å²) in [5.74, 6) is 0.296. The number of hydrogen-bond donors (Lipinski definition) is 1. The molecule has 2 aromatic rings. The van der Waals surface area contributed by atoms with Crippen molar-refractivity contribution in [3.05, 3.63) is 62.8 Å². The molecule has 5 heteroatoms. The first-order valence-electron chi connectivity index (χ1n) is 6.66. The quantitative estimate of drug-likeness (QED) is 0.794. The van der Waals surface area contributed by atoms with E-state index < -0.39 is 11.9 Å². The lowest BCUT2D eigenvalue weighted by Gasteiger charge is -2.16. The minimum Gasteiger partial charge on any atom is -0.492 e. The van der Waals surface area contributed by atoms with Crippen molar-refractivity contribution in [3.8, 4) is 5.75 Å². The summed E-state index contributed by atoms with van der Waals surface area (Å²) in [7, 11) is 0. The Bertz CT molecular complexity index is 636. The fourth-order valence-corrected chi connectivity index (χ4v) is 2.73. The number of ether oxygens (including phenoxy) is 1. The topological polar surface area (TPSA) is 35.2 Å². The Kier molecular flexibility index (Phi) is 5.62. The zero-order chi connectivity index (χ0) is 15.4. The number of halogens is 3. The molecule has 0 amide bonds. The summed E-state index contributed by atoms with van der Waals surface area (Å²) in [4.78, 5) is 0.